The zero-order chi connectivity index (χ0) is 22.4. The Labute approximate surface area is 181 Å². The first-order chi connectivity index (χ1) is 14.9. The minimum Gasteiger partial charge on any atom is -0.462 e. The first-order valence-corrected chi connectivity index (χ1v) is 10.2. The lowest BCUT2D eigenvalue weighted by atomic mass is 10.2. The second-order valence-corrected chi connectivity index (χ2v) is 7.33. The van der Waals surface area contributed by atoms with E-state index in [0.29, 0.717) is 22.5 Å². The van der Waals surface area contributed by atoms with Crippen molar-refractivity contribution in [2.45, 2.75) is 13.5 Å². The monoisotopic (exact) mass is 437 g/mol. The van der Waals surface area contributed by atoms with Gasteiger partial charge in [0, 0.05) is 24.8 Å². The smallest absolute Gasteiger partial charge is 0.338 e. The van der Waals surface area contributed by atoms with Gasteiger partial charge in [-0.2, -0.15) is 4.99 Å². The quantitative estimate of drug-likeness (QED) is 0.182. The Morgan fingerprint density at radius 3 is 2.81 bits per heavy atom. The molecule has 1 amide bonds. The summed E-state index contributed by atoms with van der Waals surface area (Å²) in [5, 5.41) is 10.9. The SMILES string of the molecule is C=CCn1c(=NC(=O)C=Cc2cccc([N+](=O)[O-])c2)sc2cc(C(=O)OCC)ccc21. The van der Waals surface area contributed by atoms with Gasteiger partial charge in [0.25, 0.3) is 11.6 Å². The van der Waals surface area contributed by atoms with E-state index in [1.807, 2.05) is 4.57 Å². The van der Waals surface area contributed by atoms with Crippen molar-refractivity contribution in [3.63, 3.8) is 0 Å². The van der Waals surface area contributed by atoms with Gasteiger partial charge in [-0.15, -0.1) is 6.58 Å². The van der Waals surface area contributed by atoms with Crippen LogP contribution < -0.4 is 4.80 Å². The van der Waals surface area contributed by atoms with Crippen LogP contribution in [-0.2, 0) is 16.1 Å². The number of nitro benzene ring substituents is 1. The van der Waals surface area contributed by atoms with E-state index in [9.17, 15) is 19.7 Å². The van der Waals surface area contributed by atoms with Crippen molar-refractivity contribution >= 4 is 45.2 Å². The van der Waals surface area contributed by atoms with E-state index in [1.54, 1.807) is 43.3 Å². The van der Waals surface area contributed by atoms with Crippen LogP contribution in [0.2, 0.25) is 0 Å². The van der Waals surface area contributed by atoms with Gasteiger partial charge in [-0.3, -0.25) is 14.9 Å². The number of hydrogen-bond acceptors (Lipinski definition) is 6. The number of benzene rings is 2. The van der Waals surface area contributed by atoms with Crippen LogP contribution in [0.4, 0.5) is 5.69 Å². The summed E-state index contributed by atoms with van der Waals surface area (Å²) in [5.41, 5.74) is 1.70. The maximum absolute atomic E-state index is 12.4. The number of esters is 1. The number of thiazole rings is 1. The maximum Gasteiger partial charge on any atom is 0.338 e. The first kappa shape index (κ1) is 21.8. The zero-order valence-electron chi connectivity index (χ0n) is 16.7. The predicted octanol–water partition coefficient (Wildman–Crippen LogP) is 4.11. The highest BCUT2D eigenvalue weighted by molar-refractivity contribution is 7.16. The van der Waals surface area contributed by atoms with E-state index in [-0.39, 0.29) is 12.3 Å². The molecular weight excluding hydrogens is 418 g/mol. The Hall–Kier alpha value is -3.85. The number of carbonyl (C=O) groups is 2. The normalized spacial score (nSPS) is 11.7. The molecule has 0 N–H and O–H groups in total. The van der Waals surface area contributed by atoms with Gasteiger partial charge in [0.15, 0.2) is 4.80 Å². The summed E-state index contributed by atoms with van der Waals surface area (Å²) in [5.74, 6) is -0.927. The number of allylic oxidation sites excluding steroid dienone is 1. The third-order valence-electron chi connectivity index (χ3n) is 4.21. The second-order valence-electron chi connectivity index (χ2n) is 6.32. The largest absolute Gasteiger partial charge is 0.462 e. The zero-order valence-corrected chi connectivity index (χ0v) is 17.5. The molecule has 0 saturated heterocycles. The van der Waals surface area contributed by atoms with Crippen molar-refractivity contribution in [1.29, 1.82) is 0 Å². The third-order valence-corrected chi connectivity index (χ3v) is 5.25. The Balaban J connectivity index is 1.96. The fourth-order valence-corrected chi connectivity index (χ4v) is 3.93. The third kappa shape index (κ3) is 5.20. The van der Waals surface area contributed by atoms with Crippen molar-refractivity contribution in [2.75, 3.05) is 6.61 Å². The maximum atomic E-state index is 12.4. The average Bonchev–Trinajstić information content (AvgIpc) is 3.09. The van der Waals surface area contributed by atoms with Crippen molar-refractivity contribution in [1.82, 2.24) is 4.57 Å². The molecule has 0 atom stereocenters. The number of ether oxygens (including phenoxy) is 1. The molecule has 0 fully saturated rings. The molecule has 0 bridgehead atoms. The average molecular weight is 437 g/mol. The number of nitrogens with zero attached hydrogens (tertiary/aromatic N) is 3. The number of hydrogen-bond donors (Lipinski definition) is 0. The number of carbonyl (C=O) groups excluding carboxylic acids is 2. The molecule has 9 heteroatoms. The fourth-order valence-electron chi connectivity index (χ4n) is 2.85. The van der Waals surface area contributed by atoms with Crippen molar-refractivity contribution < 1.29 is 19.2 Å². The molecule has 0 radical (unpaired) electrons. The molecule has 2 aromatic carbocycles. The summed E-state index contributed by atoms with van der Waals surface area (Å²) >= 11 is 1.27. The molecule has 3 aromatic rings. The first-order valence-electron chi connectivity index (χ1n) is 9.35. The van der Waals surface area contributed by atoms with E-state index in [2.05, 4.69) is 11.6 Å². The van der Waals surface area contributed by atoms with Crippen molar-refractivity contribution in [3.05, 3.63) is 87.2 Å². The Kier molecular flexibility index (Phi) is 6.88. The summed E-state index contributed by atoms with van der Waals surface area (Å²) in [6.07, 6.45) is 4.42. The summed E-state index contributed by atoms with van der Waals surface area (Å²) in [6, 6.07) is 11.1. The van der Waals surface area contributed by atoms with E-state index in [4.69, 9.17) is 4.74 Å². The highest BCUT2D eigenvalue weighted by Gasteiger charge is 2.12. The lowest BCUT2D eigenvalue weighted by Crippen LogP contribution is -2.15. The van der Waals surface area contributed by atoms with Gasteiger partial charge in [0.2, 0.25) is 0 Å². The fraction of sp³-hybridized carbons (Fsp3) is 0.136. The van der Waals surface area contributed by atoms with Crippen LogP contribution in [-0.4, -0.2) is 28.0 Å². The molecule has 31 heavy (non-hydrogen) atoms. The lowest BCUT2D eigenvalue weighted by molar-refractivity contribution is -0.384. The number of rotatable bonds is 7. The van der Waals surface area contributed by atoms with Gasteiger partial charge < -0.3 is 9.30 Å². The molecule has 0 unspecified atom stereocenters. The predicted molar refractivity (Wildman–Crippen MR) is 119 cm³/mol. The van der Waals surface area contributed by atoms with Gasteiger partial charge in [0.05, 0.1) is 27.3 Å². The summed E-state index contributed by atoms with van der Waals surface area (Å²) in [6.45, 7) is 6.20. The minimum atomic E-state index is -0.513. The van der Waals surface area contributed by atoms with E-state index >= 15 is 0 Å². The molecule has 158 valence electrons. The summed E-state index contributed by atoms with van der Waals surface area (Å²) < 4.78 is 7.64. The molecule has 1 heterocycles. The molecule has 0 spiro atoms. The molecule has 1 aromatic heterocycles. The van der Waals surface area contributed by atoms with E-state index in [1.165, 1.54) is 35.6 Å². The Morgan fingerprint density at radius 2 is 2.10 bits per heavy atom. The molecular formula is C22H19N3O5S. The van der Waals surface area contributed by atoms with E-state index in [0.717, 1.165) is 10.2 Å². The summed E-state index contributed by atoms with van der Waals surface area (Å²) in [4.78, 5) is 39.4. The van der Waals surface area contributed by atoms with Crippen molar-refractivity contribution in [2.24, 2.45) is 4.99 Å². The standard InChI is InChI=1S/C22H19N3O5S/c1-3-12-24-18-10-9-16(21(27)30-4-2)14-19(18)31-22(24)23-20(26)11-8-15-6-5-7-17(13-15)25(28)29/h3,5-11,13-14H,1,4,12H2,2H3. The van der Waals surface area contributed by atoms with Crippen LogP contribution in [0, 0.1) is 10.1 Å². The minimum absolute atomic E-state index is 0.0581. The van der Waals surface area contributed by atoms with Crippen LogP contribution in [0.1, 0.15) is 22.8 Å². The van der Waals surface area contributed by atoms with Crippen LogP contribution in [0.25, 0.3) is 16.3 Å². The molecule has 0 aliphatic carbocycles. The summed E-state index contributed by atoms with van der Waals surface area (Å²) in [7, 11) is 0. The number of aromatic nitrogens is 1. The van der Waals surface area contributed by atoms with Gasteiger partial charge >= 0.3 is 5.97 Å². The number of non-ortho nitro benzene ring substituents is 1. The highest BCUT2D eigenvalue weighted by atomic mass is 32.1. The number of amides is 1. The molecule has 0 aliphatic heterocycles. The molecule has 8 nitrogen and oxygen atoms in total. The Morgan fingerprint density at radius 1 is 1.29 bits per heavy atom. The van der Waals surface area contributed by atoms with Gasteiger partial charge in [0.1, 0.15) is 0 Å². The molecule has 0 saturated carbocycles. The van der Waals surface area contributed by atoms with Crippen LogP contribution >= 0.6 is 11.3 Å². The second kappa shape index (κ2) is 9.77. The molecule has 0 aliphatic rings. The topological polar surface area (TPSA) is 104 Å². The van der Waals surface area contributed by atoms with Crippen molar-refractivity contribution in [3.8, 4) is 0 Å². The highest BCUT2D eigenvalue weighted by Crippen LogP contribution is 2.20. The molecule has 3 rings (SSSR count). The van der Waals surface area contributed by atoms with Crippen LogP contribution in [0.3, 0.4) is 0 Å². The van der Waals surface area contributed by atoms with Gasteiger partial charge in [-0.25, -0.2) is 4.79 Å². The van der Waals surface area contributed by atoms with Crippen LogP contribution in [0.5, 0.6) is 0 Å². The lowest BCUT2D eigenvalue weighted by Gasteiger charge is -2.03. The van der Waals surface area contributed by atoms with Gasteiger partial charge in [-0.1, -0.05) is 29.5 Å². The number of fused-ring (bicyclic) bond motifs is 1. The van der Waals surface area contributed by atoms with Gasteiger partial charge in [-0.05, 0) is 36.8 Å². The Bertz CT molecular complexity index is 1270. The van der Waals surface area contributed by atoms with Crippen LogP contribution in [0.15, 0.2) is 66.2 Å². The number of nitro groups is 1. The van der Waals surface area contributed by atoms with E-state index < -0.39 is 16.8 Å².